The Bertz CT molecular complexity index is 878. The van der Waals surface area contributed by atoms with Gasteiger partial charge in [0.2, 0.25) is 0 Å². The van der Waals surface area contributed by atoms with Crippen LogP contribution in [0, 0.1) is 6.92 Å². The zero-order chi connectivity index (χ0) is 18.1. The van der Waals surface area contributed by atoms with E-state index in [2.05, 4.69) is 20.7 Å². The number of thiazole rings is 1. The Kier molecular flexibility index (Phi) is 4.73. The van der Waals surface area contributed by atoms with Crippen LogP contribution in [0.25, 0.3) is 0 Å². The molecule has 2 amide bonds. The third kappa shape index (κ3) is 3.49. The van der Waals surface area contributed by atoms with Gasteiger partial charge in [-0.2, -0.15) is 5.10 Å². The van der Waals surface area contributed by atoms with E-state index in [9.17, 15) is 9.59 Å². The van der Waals surface area contributed by atoms with Gasteiger partial charge < -0.3 is 10.1 Å². The van der Waals surface area contributed by atoms with Gasteiger partial charge >= 0.3 is 6.03 Å². The number of hydrogen-bond acceptors (Lipinski definition) is 6. The highest BCUT2D eigenvalue weighted by Gasteiger charge is 2.33. The van der Waals surface area contributed by atoms with Crippen molar-refractivity contribution in [1.29, 1.82) is 0 Å². The van der Waals surface area contributed by atoms with E-state index in [-0.39, 0.29) is 23.7 Å². The normalized spacial score (nSPS) is 22.0. The number of nitrogens with zero attached hydrogens (tertiary/aromatic N) is 3. The maximum Gasteiger partial charge on any atom is 0.321 e. The third-order valence-corrected chi connectivity index (χ3v) is 5.58. The Hall–Kier alpha value is -2.26. The van der Waals surface area contributed by atoms with Crippen LogP contribution in [0.15, 0.2) is 17.1 Å². The number of fused-ring (bicyclic) bond motifs is 1. The summed E-state index contributed by atoms with van der Waals surface area (Å²) in [6.45, 7) is 2.63. The lowest BCUT2D eigenvalue weighted by atomic mass is 9.97. The van der Waals surface area contributed by atoms with Gasteiger partial charge in [-0.25, -0.2) is 14.5 Å². The Balaban J connectivity index is 1.50. The largest absolute Gasteiger partial charge is 0.377 e. The first kappa shape index (κ1) is 17.2. The minimum Gasteiger partial charge on any atom is -0.377 e. The molecular weight excluding hydrogens is 354 g/mol. The number of urea groups is 1. The van der Waals surface area contributed by atoms with Crippen LogP contribution in [-0.2, 0) is 17.6 Å². The van der Waals surface area contributed by atoms with Crippen LogP contribution >= 0.6 is 11.3 Å². The summed E-state index contributed by atoms with van der Waals surface area (Å²) >= 11 is 1.41. The number of amides is 2. The Morgan fingerprint density at radius 1 is 1.35 bits per heavy atom. The highest BCUT2D eigenvalue weighted by Crippen LogP contribution is 2.22. The van der Waals surface area contributed by atoms with Gasteiger partial charge in [0.05, 0.1) is 24.9 Å². The maximum atomic E-state index is 12.5. The lowest BCUT2D eigenvalue weighted by Crippen LogP contribution is -2.45. The van der Waals surface area contributed by atoms with Gasteiger partial charge in [0, 0.05) is 17.1 Å². The molecule has 26 heavy (non-hydrogen) atoms. The van der Waals surface area contributed by atoms with Crippen LogP contribution in [0.4, 0.5) is 9.93 Å². The summed E-state index contributed by atoms with van der Waals surface area (Å²) in [6, 6.07) is 0.710. The van der Waals surface area contributed by atoms with E-state index in [1.165, 1.54) is 16.0 Å². The van der Waals surface area contributed by atoms with Crippen LogP contribution in [-0.4, -0.2) is 40.1 Å². The molecule has 2 aromatic heterocycles. The quantitative estimate of drug-likeness (QED) is 0.850. The molecule has 2 N–H and O–H groups in total. The van der Waals surface area contributed by atoms with E-state index in [0.717, 1.165) is 41.8 Å². The van der Waals surface area contributed by atoms with Crippen LogP contribution in [0.2, 0.25) is 0 Å². The Morgan fingerprint density at radius 3 is 3.00 bits per heavy atom. The van der Waals surface area contributed by atoms with Gasteiger partial charge in [0.15, 0.2) is 5.13 Å². The molecule has 1 aliphatic heterocycles. The third-order valence-electron chi connectivity index (χ3n) is 4.76. The molecule has 138 valence electrons. The molecule has 2 aliphatic rings. The first-order valence-corrected chi connectivity index (χ1v) is 9.61. The highest BCUT2D eigenvalue weighted by molar-refractivity contribution is 7.15. The lowest BCUT2D eigenvalue weighted by molar-refractivity contribution is 0.180. The first-order valence-electron chi connectivity index (χ1n) is 8.79. The van der Waals surface area contributed by atoms with Gasteiger partial charge in [-0.3, -0.25) is 10.1 Å². The molecule has 3 heterocycles. The van der Waals surface area contributed by atoms with Gasteiger partial charge in [-0.05, 0) is 38.2 Å². The average Bonchev–Trinajstić information content (AvgIpc) is 3.23. The van der Waals surface area contributed by atoms with Crippen molar-refractivity contribution in [3.05, 3.63) is 38.8 Å². The SMILES string of the molecule is Cc1cnc(NC(=O)NC2COCC2n2nc3c(cc2=O)CCCC3)s1. The summed E-state index contributed by atoms with van der Waals surface area (Å²) in [5, 5.41) is 10.7. The number of carbonyl (C=O) groups is 1. The molecule has 4 rings (SSSR count). The monoisotopic (exact) mass is 375 g/mol. The Labute approximate surface area is 154 Å². The molecule has 2 unspecified atom stereocenters. The average molecular weight is 375 g/mol. The number of hydrogen-bond donors (Lipinski definition) is 2. The topological polar surface area (TPSA) is 98.1 Å². The van der Waals surface area contributed by atoms with E-state index >= 15 is 0 Å². The van der Waals surface area contributed by atoms with Crippen molar-refractivity contribution >= 4 is 22.5 Å². The molecule has 8 nitrogen and oxygen atoms in total. The van der Waals surface area contributed by atoms with E-state index in [1.54, 1.807) is 12.3 Å². The van der Waals surface area contributed by atoms with Crippen molar-refractivity contribution in [2.24, 2.45) is 0 Å². The predicted octanol–water partition coefficient (Wildman–Crippen LogP) is 1.65. The van der Waals surface area contributed by atoms with Crippen LogP contribution in [0.3, 0.4) is 0 Å². The van der Waals surface area contributed by atoms with Gasteiger partial charge in [0.25, 0.3) is 5.56 Å². The lowest BCUT2D eigenvalue weighted by Gasteiger charge is -2.22. The number of carbonyl (C=O) groups excluding carboxylic acids is 1. The number of nitrogens with one attached hydrogen (secondary N) is 2. The predicted molar refractivity (Wildman–Crippen MR) is 97.8 cm³/mol. The molecule has 2 atom stereocenters. The molecular formula is C17H21N5O3S. The summed E-state index contributed by atoms with van der Waals surface area (Å²) in [6.07, 6.45) is 5.71. The summed E-state index contributed by atoms with van der Waals surface area (Å²) in [4.78, 5) is 29.9. The number of ether oxygens (including phenoxy) is 1. The van der Waals surface area contributed by atoms with Crippen LogP contribution < -0.4 is 16.2 Å². The van der Waals surface area contributed by atoms with E-state index in [0.29, 0.717) is 18.3 Å². The van der Waals surface area contributed by atoms with E-state index in [4.69, 9.17) is 4.74 Å². The summed E-state index contributed by atoms with van der Waals surface area (Å²) in [5.41, 5.74) is 1.91. The standard InChI is InChI=1S/C17H21N5O3S/c1-10-7-18-17(26-10)20-16(24)19-13-8-25-9-14(13)22-15(23)6-11-4-2-3-5-12(11)21-22/h6-7,13-14H,2-5,8-9H2,1H3,(H2,18,19,20,24). The molecule has 1 fully saturated rings. The summed E-state index contributed by atoms with van der Waals surface area (Å²) < 4.78 is 7.00. The van der Waals surface area contributed by atoms with Crippen LogP contribution in [0.5, 0.6) is 0 Å². The molecule has 0 spiro atoms. The van der Waals surface area contributed by atoms with E-state index < -0.39 is 0 Å². The fourth-order valence-corrected chi connectivity index (χ4v) is 4.11. The second kappa shape index (κ2) is 7.16. The minimum absolute atomic E-state index is 0.135. The van der Waals surface area contributed by atoms with E-state index in [1.807, 2.05) is 6.92 Å². The maximum absolute atomic E-state index is 12.5. The Morgan fingerprint density at radius 2 is 2.19 bits per heavy atom. The molecule has 0 aromatic carbocycles. The van der Waals surface area contributed by atoms with Crippen molar-refractivity contribution in [2.45, 2.75) is 44.7 Å². The van der Waals surface area contributed by atoms with Gasteiger partial charge in [0.1, 0.15) is 6.04 Å². The summed E-state index contributed by atoms with van der Waals surface area (Å²) in [5.74, 6) is 0. The van der Waals surface area contributed by atoms with Gasteiger partial charge in [-0.15, -0.1) is 11.3 Å². The second-order valence-electron chi connectivity index (χ2n) is 6.69. The smallest absolute Gasteiger partial charge is 0.321 e. The highest BCUT2D eigenvalue weighted by atomic mass is 32.1. The van der Waals surface area contributed by atoms with Crippen LogP contribution in [0.1, 0.15) is 35.0 Å². The van der Waals surface area contributed by atoms with Crippen molar-refractivity contribution in [3.63, 3.8) is 0 Å². The first-order chi connectivity index (χ1) is 12.6. The minimum atomic E-state index is -0.356. The fraction of sp³-hybridized carbons (Fsp3) is 0.529. The second-order valence-corrected chi connectivity index (χ2v) is 7.93. The zero-order valence-corrected chi connectivity index (χ0v) is 15.3. The van der Waals surface area contributed by atoms with Gasteiger partial charge in [-0.1, -0.05) is 0 Å². The number of aromatic nitrogens is 3. The van der Waals surface area contributed by atoms with Crippen molar-refractivity contribution in [1.82, 2.24) is 20.1 Å². The molecule has 2 aromatic rings. The van der Waals surface area contributed by atoms with Crippen molar-refractivity contribution in [2.75, 3.05) is 18.5 Å². The molecule has 0 bridgehead atoms. The summed E-state index contributed by atoms with van der Waals surface area (Å²) in [7, 11) is 0. The number of aryl methyl sites for hydroxylation is 3. The number of rotatable bonds is 3. The molecule has 9 heteroatoms. The molecule has 0 radical (unpaired) electrons. The molecule has 1 saturated heterocycles. The number of anilines is 1. The fourth-order valence-electron chi connectivity index (χ4n) is 3.45. The zero-order valence-electron chi connectivity index (χ0n) is 14.5. The molecule has 1 aliphatic carbocycles. The molecule has 0 saturated carbocycles. The van der Waals surface area contributed by atoms with Crippen molar-refractivity contribution < 1.29 is 9.53 Å². The van der Waals surface area contributed by atoms with Crippen molar-refractivity contribution in [3.8, 4) is 0 Å².